The van der Waals surface area contributed by atoms with Gasteiger partial charge in [0.25, 0.3) is 5.91 Å². The monoisotopic (exact) mass is 244 g/mol. The number of primary amides is 1. The molecule has 1 rings (SSSR count). The van der Waals surface area contributed by atoms with Gasteiger partial charge in [0.2, 0.25) is 5.91 Å². The summed E-state index contributed by atoms with van der Waals surface area (Å²) in [5.74, 6) is -2.06. The lowest BCUT2D eigenvalue weighted by molar-refractivity contribution is -0.126. The van der Waals surface area contributed by atoms with E-state index in [2.05, 4.69) is 0 Å². The lowest BCUT2D eigenvalue weighted by Gasteiger charge is -2.10. The number of alkyl halides is 2. The van der Waals surface area contributed by atoms with E-state index >= 15 is 0 Å². The van der Waals surface area contributed by atoms with E-state index in [0.717, 1.165) is 0 Å². The minimum absolute atomic E-state index is 0.0332. The molecule has 17 heavy (non-hydrogen) atoms. The van der Waals surface area contributed by atoms with Gasteiger partial charge in [-0.3, -0.25) is 9.59 Å². The normalized spacial score (nSPS) is 10.1. The number of benzene rings is 1. The van der Waals surface area contributed by atoms with Gasteiger partial charge in [0.05, 0.1) is 12.8 Å². The van der Waals surface area contributed by atoms with Crippen molar-refractivity contribution >= 4 is 17.5 Å². The average molecular weight is 244 g/mol. The SMILES string of the molecule is COc1ccc(C(N)=O)cc1NC(=O)C(F)F. The Morgan fingerprint density at radius 3 is 2.53 bits per heavy atom. The number of anilines is 1. The van der Waals surface area contributed by atoms with Crippen LogP contribution in [0.4, 0.5) is 14.5 Å². The van der Waals surface area contributed by atoms with Crippen molar-refractivity contribution in [1.82, 2.24) is 0 Å². The van der Waals surface area contributed by atoms with Crippen LogP contribution in [-0.4, -0.2) is 25.3 Å². The van der Waals surface area contributed by atoms with E-state index in [0.29, 0.717) is 0 Å². The fourth-order valence-electron chi connectivity index (χ4n) is 1.15. The summed E-state index contributed by atoms with van der Waals surface area (Å²) >= 11 is 0. The Bertz CT molecular complexity index is 449. The van der Waals surface area contributed by atoms with Crippen molar-refractivity contribution < 1.29 is 23.1 Å². The number of ether oxygens (including phenoxy) is 1. The van der Waals surface area contributed by atoms with E-state index < -0.39 is 18.2 Å². The molecule has 0 aromatic heterocycles. The molecule has 5 nitrogen and oxygen atoms in total. The third kappa shape index (κ3) is 3.13. The first-order chi connectivity index (χ1) is 7.95. The number of methoxy groups -OCH3 is 1. The molecule has 1 aromatic rings. The van der Waals surface area contributed by atoms with Gasteiger partial charge in [-0.05, 0) is 18.2 Å². The topological polar surface area (TPSA) is 81.4 Å². The van der Waals surface area contributed by atoms with Crippen LogP contribution in [0.3, 0.4) is 0 Å². The number of carbonyl (C=O) groups excluding carboxylic acids is 2. The molecule has 1 aromatic carbocycles. The molecule has 0 saturated heterocycles. The minimum Gasteiger partial charge on any atom is -0.495 e. The molecule has 2 amide bonds. The fraction of sp³-hybridized carbons (Fsp3) is 0.200. The number of nitrogens with one attached hydrogen (secondary N) is 1. The number of rotatable bonds is 4. The maximum absolute atomic E-state index is 12.1. The van der Waals surface area contributed by atoms with E-state index in [1.54, 1.807) is 0 Å². The maximum atomic E-state index is 12.1. The van der Waals surface area contributed by atoms with Crippen LogP contribution in [0.25, 0.3) is 0 Å². The lowest BCUT2D eigenvalue weighted by atomic mass is 10.1. The van der Waals surface area contributed by atoms with Crippen molar-refractivity contribution in [3.05, 3.63) is 23.8 Å². The minimum atomic E-state index is -3.16. The standard InChI is InChI=1S/C10H10F2N2O3/c1-17-7-3-2-5(9(13)15)4-6(7)14-10(16)8(11)12/h2-4,8H,1H3,(H2,13,15)(H,14,16). The first-order valence-corrected chi connectivity index (χ1v) is 4.52. The molecule has 0 radical (unpaired) electrons. The van der Waals surface area contributed by atoms with Gasteiger partial charge in [0, 0.05) is 5.56 Å². The molecule has 0 aliphatic heterocycles. The number of hydrogen-bond donors (Lipinski definition) is 2. The fourth-order valence-corrected chi connectivity index (χ4v) is 1.15. The second-order valence-electron chi connectivity index (χ2n) is 3.07. The third-order valence-electron chi connectivity index (χ3n) is 1.94. The molecule has 0 spiro atoms. The van der Waals surface area contributed by atoms with E-state index in [1.807, 2.05) is 5.32 Å². The summed E-state index contributed by atoms with van der Waals surface area (Å²) in [4.78, 5) is 21.7. The predicted molar refractivity (Wildman–Crippen MR) is 56.1 cm³/mol. The summed E-state index contributed by atoms with van der Waals surface area (Å²) < 4.78 is 29.0. The molecule has 0 unspecified atom stereocenters. The number of amides is 2. The molecule has 0 aliphatic rings. The Hall–Kier alpha value is -2.18. The summed E-state index contributed by atoms with van der Waals surface area (Å²) in [6.07, 6.45) is -3.16. The molecular weight excluding hydrogens is 234 g/mol. The maximum Gasteiger partial charge on any atom is 0.315 e. The zero-order valence-electron chi connectivity index (χ0n) is 8.87. The first-order valence-electron chi connectivity index (χ1n) is 4.52. The number of nitrogens with two attached hydrogens (primary N) is 1. The van der Waals surface area contributed by atoms with Crippen molar-refractivity contribution in [3.63, 3.8) is 0 Å². The van der Waals surface area contributed by atoms with Crippen molar-refractivity contribution in [3.8, 4) is 5.75 Å². The van der Waals surface area contributed by atoms with Crippen LogP contribution >= 0.6 is 0 Å². The molecule has 0 bridgehead atoms. The van der Waals surface area contributed by atoms with Gasteiger partial charge < -0.3 is 15.8 Å². The summed E-state index contributed by atoms with van der Waals surface area (Å²) in [5, 5.41) is 1.93. The van der Waals surface area contributed by atoms with E-state index in [9.17, 15) is 18.4 Å². The summed E-state index contributed by atoms with van der Waals surface area (Å²) in [7, 11) is 1.30. The summed E-state index contributed by atoms with van der Waals surface area (Å²) in [5.41, 5.74) is 5.07. The highest BCUT2D eigenvalue weighted by Crippen LogP contribution is 2.25. The van der Waals surface area contributed by atoms with Gasteiger partial charge >= 0.3 is 6.43 Å². The second kappa shape index (κ2) is 5.24. The Balaban J connectivity index is 3.06. The smallest absolute Gasteiger partial charge is 0.315 e. The molecule has 0 saturated carbocycles. The van der Waals surface area contributed by atoms with Crippen molar-refractivity contribution in [2.45, 2.75) is 6.43 Å². The predicted octanol–water partition coefficient (Wildman–Crippen LogP) is 0.998. The van der Waals surface area contributed by atoms with Crippen LogP contribution in [0.2, 0.25) is 0 Å². The highest BCUT2D eigenvalue weighted by atomic mass is 19.3. The number of hydrogen-bond acceptors (Lipinski definition) is 3. The third-order valence-corrected chi connectivity index (χ3v) is 1.94. The van der Waals surface area contributed by atoms with Crippen LogP contribution in [0.1, 0.15) is 10.4 Å². The highest BCUT2D eigenvalue weighted by molar-refractivity contribution is 5.98. The quantitative estimate of drug-likeness (QED) is 0.828. The molecular formula is C10H10F2N2O3. The number of carbonyl (C=O) groups is 2. The Kier molecular flexibility index (Phi) is 3.97. The Morgan fingerprint density at radius 1 is 1.41 bits per heavy atom. The van der Waals surface area contributed by atoms with Gasteiger partial charge in [-0.2, -0.15) is 8.78 Å². The van der Waals surface area contributed by atoms with Crippen LogP contribution in [-0.2, 0) is 4.79 Å². The zero-order valence-corrected chi connectivity index (χ0v) is 8.87. The van der Waals surface area contributed by atoms with Crippen LogP contribution in [0, 0.1) is 0 Å². The van der Waals surface area contributed by atoms with Crippen molar-refractivity contribution in [2.75, 3.05) is 12.4 Å². The number of halogens is 2. The Morgan fingerprint density at radius 2 is 2.06 bits per heavy atom. The van der Waals surface area contributed by atoms with Crippen LogP contribution in [0.15, 0.2) is 18.2 Å². The van der Waals surface area contributed by atoms with E-state index in [-0.39, 0.29) is 17.0 Å². The average Bonchev–Trinajstić information content (AvgIpc) is 2.28. The van der Waals surface area contributed by atoms with Gasteiger partial charge in [-0.25, -0.2) is 0 Å². The molecule has 0 atom stereocenters. The zero-order chi connectivity index (χ0) is 13.0. The molecule has 7 heteroatoms. The van der Waals surface area contributed by atoms with E-state index in [4.69, 9.17) is 10.5 Å². The van der Waals surface area contributed by atoms with E-state index in [1.165, 1.54) is 25.3 Å². The summed E-state index contributed by atoms with van der Waals surface area (Å²) in [6, 6.07) is 3.88. The molecule has 3 N–H and O–H groups in total. The molecule has 0 heterocycles. The van der Waals surface area contributed by atoms with Gasteiger partial charge in [0.15, 0.2) is 0 Å². The van der Waals surface area contributed by atoms with Gasteiger partial charge in [-0.1, -0.05) is 0 Å². The van der Waals surface area contributed by atoms with Crippen LogP contribution < -0.4 is 15.8 Å². The van der Waals surface area contributed by atoms with Gasteiger partial charge in [-0.15, -0.1) is 0 Å². The molecule has 0 aliphatic carbocycles. The van der Waals surface area contributed by atoms with Crippen molar-refractivity contribution in [2.24, 2.45) is 5.73 Å². The highest BCUT2D eigenvalue weighted by Gasteiger charge is 2.17. The van der Waals surface area contributed by atoms with Gasteiger partial charge in [0.1, 0.15) is 5.75 Å². The lowest BCUT2D eigenvalue weighted by Crippen LogP contribution is -2.21. The van der Waals surface area contributed by atoms with Crippen LogP contribution in [0.5, 0.6) is 5.75 Å². The first kappa shape index (κ1) is 12.9. The molecule has 92 valence electrons. The largest absolute Gasteiger partial charge is 0.495 e. The van der Waals surface area contributed by atoms with Crippen molar-refractivity contribution in [1.29, 1.82) is 0 Å². The Labute approximate surface area is 95.5 Å². The molecule has 0 fully saturated rings. The summed E-state index contributed by atoms with van der Waals surface area (Å²) in [6.45, 7) is 0. The second-order valence-corrected chi connectivity index (χ2v) is 3.07.